The molecular formula is C12H5KN7O12. The molecule has 2 rings (SSSR count). The maximum atomic E-state index is 11.3. The van der Waals surface area contributed by atoms with E-state index >= 15 is 0 Å². The van der Waals surface area contributed by atoms with Gasteiger partial charge in [0.25, 0.3) is 11.4 Å². The van der Waals surface area contributed by atoms with Crippen molar-refractivity contribution in [3.05, 3.63) is 85.0 Å². The Morgan fingerprint density at radius 2 is 0.688 bits per heavy atom. The van der Waals surface area contributed by atoms with E-state index in [0.717, 1.165) is 0 Å². The van der Waals surface area contributed by atoms with E-state index in [1.807, 2.05) is 5.32 Å². The fourth-order valence-corrected chi connectivity index (χ4v) is 2.36. The average molecular weight is 478 g/mol. The second-order valence-corrected chi connectivity index (χ2v) is 5.39. The number of non-ortho nitro benzene ring substituents is 2. The minimum Gasteiger partial charge on any atom is -0.333 e. The van der Waals surface area contributed by atoms with Crippen LogP contribution < -0.4 is 5.32 Å². The molecule has 0 saturated heterocycles. The molecule has 19 nitrogen and oxygen atoms in total. The summed E-state index contributed by atoms with van der Waals surface area (Å²) >= 11 is 0. The van der Waals surface area contributed by atoms with Gasteiger partial charge in [0.15, 0.2) is 11.4 Å². The van der Waals surface area contributed by atoms with Gasteiger partial charge in [0.05, 0.1) is 53.8 Å². The zero-order valence-corrected chi connectivity index (χ0v) is 18.5. The van der Waals surface area contributed by atoms with Crippen LogP contribution in [0.15, 0.2) is 24.3 Å². The summed E-state index contributed by atoms with van der Waals surface area (Å²) in [6, 6.07) is 1.16. The molecule has 0 saturated carbocycles. The maximum Gasteiger partial charge on any atom is 0.306 e. The van der Waals surface area contributed by atoms with Crippen LogP contribution in [0.5, 0.6) is 0 Å². The van der Waals surface area contributed by atoms with Crippen LogP contribution in [0.3, 0.4) is 0 Å². The van der Waals surface area contributed by atoms with Gasteiger partial charge in [-0.15, -0.1) is 0 Å². The zero-order valence-electron chi connectivity index (χ0n) is 15.4. The number of nitrogens with zero attached hydrogens (tertiary/aromatic N) is 6. The van der Waals surface area contributed by atoms with E-state index in [1.54, 1.807) is 0 Å². The van der Waals surface area contributed by atoms with Crippen molar-refractivity contribution in [2.45, 2.75) is 0 Å². The third-order valence-electron chi connectivity index (χ3n) is 3.62. The average Bonchev–Trinajstić information content (AvgIpc) is 2.66. The van der Waals surface area contributed by atoms with Crippen molar-refractivity contribution in [1.82, 2.24) is 0 Å². The number of nitro groups is 6. The summed E-state index contributed by atoms with van der Waals surface area (Å²) in [7, 11) is 0. The van der Waals surface area contributed by atoms with Gasteiger partial charge in [0.1, 0.15) is 0 Å². The molecule has 161 valence electrons. The summed E-state index contributed by atoms with van der Waals surface area (Å²) < 4.78 is 0. The van der Waals surface area contributed by atoms with Crippen molar-refractivity contribution in [2.75, 3.05) is 5.32 Å². The van der Waals surface area contributed by atoms with Gasteiger partial charge in [-0.05, 0) is 0 Å². The van der Waals surface area contributed by atoms with Gasteiger partial charge >= 0.3 is 22.7 Å². The first-order chi connectivity index (χ1) is 14.3. The number of rotatable bonds is 8. The molecule has 1 radical (unpaired) electrons. The molecule has 2 aromatic rings. The standard InChI is InChI=1S/C12H5N7O12.K/c20-14(21)5-1-7(16(24)25)11(8(2-5)17(26)27)13-12-9(18(28)29)3-6(15(22)23)4-10(12)19(30)31;/h1-4,13H;. The fraction of sp³-hybridized carbons (Fsp3) is 0. The third kappa shape index (κ3) is 5.30. The van der Waals surface area contributed by atoms with Gasteiger partial charge in [0.2, 0.25) is 0 Å². The van der Waals surface area contributed by atoms with E-state index < -0.39 is 75.0 Å². The van der Waals surface area contributed by atoms with Gasteiger partial charge in [-0.2, -0.15) is 0 Å². The number of nitro benzene ring substituents is 6. The van der Waals surface area contributed by atoms with Gasteiger partial charge < -0.3 is 5.32 Å². The molecular weight excluding hydrogens is 473 g/mol. The molecule has 0 fully saturated rings. The van der Waals surface area contributed by atoms with Crippen molar-refractivity contribution in [3.8, 4) is 0 Å². The van der Waals surface area contributed by atoms with E-state index in [9.17, 15) is 60.7 Å². The quantitative estimate of drug-likeness (QED) is 0.324. The summed E-state index contributed by atoms with van der Waals surface area (Å²) in [6.45, 7) is 0. The minimum absolute atomic E-state index is 0. The zero-order chi connectivity index (χ0) is 23.6. The normalized spacial score (nSPS) is 9.88. The topological polar surface area (TPSA) is 271 Å². The van der Waals surface area contributed by atoms with Crippen LogP contribution in [0.25, 0.3) is 0 Å². The number of nitrogens with one attached hydrogen (secondary N) is 1. The molecule has 0 aliphatic carbocycles. The monoisotopic (exact) mass is 478 g/mol. The first kappa shape index (κ1) is 26.3. The first-order valence-electron chi connectivity index (χ1n) is 7.34. The van der Waals surface area contributed by atoms with Crippen LogP contribution in [-0.2, 0) is 0 Å². The van der Waals surface area contributed by atoms with Crippen molar-refractivity contribution in [3.63, 3.8) is 0 Å². The summed E-state index contributed by atoms with van der Waals surface area (Å²) in [6.07, 6.45) is 0. The molecule has 0 aromatic heterocycles. The fourth-order valence-electron chi connectivity index (χ4n) is 2.36. The van der Waals surface area contributed by atoms with Crippen LogP contribution in [0.2, 0.25) is 0 Å². The van der Waals surface area contributed by atoms with Crippen molar-refractivity contribution < 1.29 is 29.5 Å². The predicted octanol–water partition coefficient (Wildman–Crippen LogP) is 2.50. The second kappa shape index (κ2) is 10.1. The van der Waals surface area contributed by atoms with Crippen molar-refractivity contribution in [2.24, 2.45) is 0 Å². The van der Waals surface area contributed by atoms with Crippen LogP contribution in [-0.4, -0.2) is 80.9 Å². The van der Waals surface area contributed by atoms with Gasteiger partial charge in [-0.3, -0.25) is 60.7 Å². The van der Waals surface area contributed by atoms with Crippen LogP contribution in [0, 0.1) is 60.7 Å². The predicted molar refractivity (Wildman–Crippen MR) is 102 cm³/mol. The molecule has 0 aliphatic heterocycles. The summed E-state index contributed by atoms with van der Waals surface area (Å²) in [4.78, 5) is 59.5. The van der Waals surface area contributed by atoms with E-state index in [2.05, 4.69) is 0 Å². The molecule has 20 heteroatoms. The second-order valence-electron chi connectivity index (χ2n) is 5.39. The van der Waals surface area contributed by atoms with E-state index in [4.69, 9.17) is 0 Å². The molecule has 2 aromatic carbocycles. The van der Waals surface area contributed by atoms with E-state index in [-0.39, 0.29) is 51.4 Å². The van der Waals surface area contributed by atoms with Crippen LogP contribution >= 0.6 is 0 Å². The summed E-state index contributed by atoms with van der Waals surface area (Å²) in [5.41, 5.74) is -9.66. The Labute approximate surface area is 215 Å². The largest absolute Gasteiger partial charge is 0.333 e. The Bertz CT molecular complexity index is 1040. The number of anilines is 2. The molecule has 0 amide bonds. The maximum absolute atomic E-state index is 11.3. The molecule has 0 unspecified atom stereocenters. The molecule has 0 bridgehead atoms. The molecule has 0 atom stereocenters. The molecule has 0 aliphatic rings. The number of benzene rings is 2. The SMILES string of the molecule is O=[N+]([O-])c1cc([N+](=O)[O-])c(Nc2c([N+](=O)[O-])cc([N+](=O)[O-])cc2[N+](=O)[O-])c([N+](=O)[O-])c1.[K]. The van der Waals surface area contributed by atoms with Gasteiger partial charge in [-0.1, -0.05) is 0 Å². The van der Waals surface area contributed by atoms with Crippen LogP contribution in [0.1, 0.15) is 0 Å². The molecule has 32 heavy (non-hydrogen) atoms. The number of hydrogen-bond donors (Lipinski definition) is 1. The number of hydrogen-bond acceptors (Lipinski definition) is 13. The minimum atomic E-state index is -1.30. The van der Waals surface area contributed by atoms with Crippen LogP contribution in [0.4, 0.5) is 45.5 Å². The molecule has 0 spiro atoms. The Morgan fingerprint density at radius 1 is 0.469 bits per heavy atom. The van der Waals surface area contributed by atoms with E-state index in [0.29, 0.717) is 24.3 Å². The van der Waals surface area contributed by atoms with Crippen molar-refractivity contribution in [1.29, 1.82) is 0 Å². The van der Waals surface area contributed by atoms with E-state index in [1.165, 1.54) is 0 Å². The van der Waals surface area contributed by atoms with Gasteiger partial charge in [-0.25, -0.2) is 0 Å². The smallest absolute Gasteiger partial charge is 0.306 e. The Balaban J connectivity index is 0.00000512. The summed E-state index contributed by atoms with van der Waals surface area (Å²) in [5, 5.41) is 68.9. The third-order valence-corrected chi connectivity index (χ3v) is 3.62. The van der Waals surface area contributed by atoms with Crippen molar-refractivity contribution >= 4 is 96.9 Å². The summed E-state index contributed by atoms with van der Waals surface area (Å²) in [5.74, 6) is 0. The Morgan fingerprint density at radius 3 is 0.844 bits per heavy atom. The Hall–Kier alpha value is -3.72. The van der Waals surface area contributed by atoms with Gasteiger partial charge in [0, 0.05) is 51.4 Å². The molecule has 1 N–H and O–H groups in total. The molecule has 0 heterocycles. The Kier molecular flexibility index (Phi) is 8.27. The first-order valence-corrected chi connectivity index (χ1v) is 7.34.